The van der Waals surface area contributed by atoms with Crippen molar-refractivity contribution in [1.29, 1.82) is 0 Å². The fourth-order valence-corrected chi connectivity index (χ4v) is 2.55. The van der Waals surface area contributed by atoms with Gasteiger partial charge in [-0.25, -0.2) is 0 Å². The first-order valence-electron chi connectivity index (χ1n) is 8.95. The molecule has 0 saturated heterocycles. The molecule has 0 saturated carbocycles. The molecule has 0 unspecified atom stereocenters. The molecule has 0 spiro atoms. The maximum absolute atomic E-state index is 12.4. The van der Waals surface area contributed by atoms with Crippen LogP contribution < -0.4 is 14.8 Å². The van der Waals surface area contributed by atoms with Gasteiger partial charge in [-0.1, -0.05) is 30.3 Å². The molecule has 0 bridgehead atoms. The van der Waals surface area contributed by atoms with Gasteiger partial charge in [0.05, 0.1) is 31.3 Å². The van der Waals surface area contributed by atoms with Crippen LogP contribution in [0.5, 0.6) is 11.5 Å². The maximum Gasteiger partial charge on any atom is 0.286 e. The summed E-state index contributed by atoms with van der Waals surface area (Å²) >= 11 is 0. The monoisotopic (exact) mass is 388 g/mol. The van der Waals surface area contributed by atoms with E-state index >= 15 is 0 Å². The van der Waals surface area contributed by atoms with Gasteiger partial charge in [-0.05, 0) is 18.9 Å². The van der Waals surface area contributed by atoms with E-state index in [1.54, 1.807) is 6.92 Å². The molecule has 2 rings (SSSR count). The molecule has 0 aliphatic rings. The number of hydrogen-bond donors (Lipinski definition) is 1. The van der Waals surface area contributed by atoms with Crippen molar-refractivity contribution >= 4 is 11.6 Å². The number of nitrogens with one attached hydrogen (secondary N) is 1. The number of hydrogen-bond acceptors (Lipinski definition) is 6. The first-order valence-corrected chi connectivity index (χ1v) is 8.95. The van der Waals surface area contributed by atoms with Crippen molar-refractivity contribution in [3.63, 3.8) is 0 Å². The summed E-state index contributed by atoms with van der Waals surface area (Å²) in [5, 5.41) is 14.0. The number of methoxy groups -OCH3 is 1. The molecule has 150 valence electrons. The number of nitrogens with zero attached hydrogens (tertiary/aromatic N) is 1. The van der Waals surface area contributed by atoms with E-state index in [0.29, 0.717) is 32.8 Å². The van der Waals surface area contributed by atoms with Gasteiger partial charge in [0.2, 0.25) is 0 Å². The van der Waals surface area contributed by atoms with Gasteiger partial charge >= 0.3 is 0 Å². The molecular formula is C20H24N2O6. The third-order valence-corrected chi connectivity index (χ3v) is 3.89. The topological polar surface area (TPSA) is 99.9 Å². The van der Waals surface area contributed by atoms with E-state index in [-0.39, 0.29) is 22.7 Å². The van der Waals surface area contributed by atoms with E-state index in [0.717, 1.165) is 5.56 Å². The first kappa shape index (κ1) is 21.2. The zero-order chi connectivity index (χ0) is 20.4. The van der Waals surface area contributed by atoms with Crippen LogP contribution >= 0.6 is 0 Å². The number of carbonyl (C=O) groups excluding carboxylic acids is 1. The van der Waals surface area contributed by atoms with E-state index < -0.39 is 10.8 Å². The van der Waals surface area contributed by atoms with Crippen molar-refractivity contribution in [3.8, 4) is 11.5 Å². The van der Waals surface area contributed by atoms with Crippen LogP contribution in [0.3, 0.4) is 0 Å². The molecule has 2 aromatic rings. The third-order valence-electron chi connectivity index (χ3n) is 3.89. The standard InChI is InChI=1S/C20H24N2O6/c1-3-28-19-13-17(22(24)25)16(12-18(19)26-2)20(23)21-10-7-11-27-14-15-8-5-4-6-9-15/h4-6,8-9,12-13H,3,7,10-11,14H2,1-2H3,(H,21,23). The minimum atomic E-state index is -0.611. The van der Waals surface area contributed by atoms with Gasteiger partial charge in [-0.3, -0.25) is 14.9 Å². The highest BCUT2D eigenvalue weighted by Gasteiger charge is 2.24. The number of rotatable bonds is 11. The number of nitro groups is 1. The second-order valence-corrected chi connectivity index (χ2v) is 5.86. The number of nitro benzene ring substituents is 1. The van der Waals surface area contributed by atoms with Crippen molar-refractivity contribution in [2.45, 2.75) is 20.0 Å². The summed E-state index contributed by atoms with van der Waals surface area (Å²) in [6.07, 6.45) is 0.584. The van der Waals surface area contributed by atoms with E-state index in [1.165, 1.54) is 19.2 Å². The highest BCUT2D eigenvalue weighted by atomic mass is 16.6. The molecule has 1 N–H and O–H groups in total. The number of amides is 1. The fourth-order valence-electron chi connectivity index (χ4n) is 2.55. The molecule has 28 heavy (non-hydrogen) atoms. The first-order chi connectivity index (χ1) is 13.6. The van der Waals surface area contributed by atoms with Crippen molar-refractivity contribution < 1.29 is 23.9 Å². The van der Waals surface area contributed by atoms with Crippen LogP contribution in [0.15, 0.2) is 42.5 Å². The lowest BCUT2D eigenvalue weighted by Gasteiger charge is -2.12. The summed E-state index contributed by atoms with van der Waals surface area (Å²) in [5.74, 6) is -0.0533. The van der Waals surface area contributed by atoms with Crippen molar-refractivity contribution in [2.24, 2.45) is 0 Å². The summed E-state index contributed by atoms with van der Waals surface area (Å²) in [5.41, 5.74) is 0.668. The molecular weight excluding hydrogens is 364 g/mol. The van der Waals surface area contributed by atoms with Gasteiger partial charge in [0, 0.05) is 19.2 Å². The van der Waals surface area contributed by atoms with Crippen molar-refractivity contribution in [1.82, 2.24) is 5.32 Å². The highest BCUT2D eigenvalue weighted by molar-refractivity contribution is 5.99. The molecule has 0 radical (unpaired) electrons. The Hall–Kier alpha value is -3.13. The molecule has 0 fully saturated rings. The molecule has 1 amide bonds. The van der Waals surface area contributed by atoms with Crippen molar-refractivity contribution in [3.05, 3.63) is 63.7 Å². The highest BCUT2D eigenvalue weighted by Crippen LogP contribution is 2.34. The van der Waals surface area contributed by atoms with Crippen LogP contribution in [0.4, 0.5) is 5.69 Å². The lowest BCUT2D eigenvalue weighted by atomic mass is 10.1. The average Bonchev–Trinajstić information content (AvgIpc) is 2.71. The number of benzene rings is 2. The Morgan fingerprint density at radius 2 is 1.93 bits per heavy atom. The quantitative estimate of drug-likeness (QED) is 0.360. The Balaban J connectivity index is 1.91. The van der Waals surface area contributed by atoms with Gasteiger partial charge in [-0.15, -0.1) is 0 Å². The second kappa shape index (κ2) is 10.9. The van der Waals surface area contributed by atoms with Gasteiger partial charge in [0.1, 0.15) is 5.56 Å². The zero-order valence-corrected chi connectivity index (χ0v) is 16.0. The Morgan fingerprint density at radius 3 is 2.57 bits per heavy atom. The van der Waals surface area contributed by atoms with E-state index in [4.69, 9.17) is 14.2 Å². The van der Waals surface area contributed by atoms with Gasteiger partial charge < -0.3 is 19.5 Å². The summed E-state index contributed by atoms with van der Waals surface area (Å²) in [7, 11) is 1.41. The minimum Gasteiger partial charge on any atom is -0.493 e. The predicted molar refractivity (Wildman–Crippen MR) is 104 cm³/mol. The Labute approximate surface area is 163 Å². The van der Waals surface area contributed by atoms with Crippen LogP contribution in [0, 0.1) is 10.1 Å². The average molecular weight is 388 g/mol. The summed E-state index contributed by atoms with van der Waals surface area (Å²) in [4.78, 5) is 23.1. The SMILES string of the molecule is CCOc1cc([N+](=O)[O-])c(C(=O)NCCCOCc2ccccc2)cc1OC. The van der Waals surface area contributed by atoms with Gasteiger partial charge in [0.25, 0.3) is 11.6 Å². The zero-order valence-electron chi connectivity index (χ0n) is 16.0. The normalized spacial score (nSPS) is 10.4. The largest absolute Gasteiger partial charge is 0.493 e. The predicted octanol–water partition coefficient (Wildman–Crippen LogP) is 3.34. The van der Waals surface area contributed by atoms with E-state index in [1.807, 2.05) is 30.3 Å². The fraction of sp³-hybridized carbons (Fsp3) is 0.350. The Kier molecular flexibility index (Phi) is 8.23. The molecule has 0 aliphatic heterocycles. The van der Waals surface area contributed by atoms with Crippen LogP contribution in [0.2, 0.25) is 0 Å². The second-order valence-electron chi connectivity index (χ2n) is 5.86. The molecule has 8 heteroatoms. The van der Waals surface area contributed by atoms with E-state index in [9.17, 15) is 14.9 Å². The molecule has 0 aromatic heterocycles. The lowest BCUT2D eigenvalue weighted by Crippen LogP contribution is -2.26. The van der Waals surface area contributed by atoms with Crippen molar-refractivity contribution in [2.75, 3.05) is 26.9 Å². The summed E-state index contributed by atoms with van der Waals surface area (Å²) in [6.45, 7) is 3.37. The molecule has 0 aliphatic carbocycles. The molecule has 0 atom stereocenters. The Morgan fingerprint density at radius 1 is 1.18 bits per heavy atom. The van der Waals surface area contributed by atoms with E-state index in [2.05, 4.69) is 5.32 Å². The summed E-state index contributed by atoms with van der Waals surface area (Å²) < 4.78 is 16.1. The molecule has 2 aromatic carbocycles. The lowest BCUT2D eigenvalue weighted by molar-refractivity contribution is -0.385. The smallest absolute Gasteiger partial charge is 0.286 e. The minimum absolute atomic E-state index is 0.0736. The van der Waals surface area contributed by atoms with Crippen LogP contribution in [0.1, 0.15) is 29.3 Å². The van der Waals surface area contributed by atoms with Gasteiger partial charge in [0.15, 0.2) is 11.5 Å². The molecule has 0 heterocycles. The van der Waals surface area contributed by atoms with Gasteiger partial charge in [-0.2, -0.15) is 0 Å². The third kappa shape index (κ3) is 5.95. The summed E-state index contributed by atoms with van der Waals surface area (Å²) in [6, 6.07) is 12.3. The van der Waals surface area contributed by atoms with Crippen LogP contribution in [-0.2, 0) is 11.3 Å². The Bertz CT molecular complexity index is 795. The van der Waals surface area contributed by atoms with Crippen LogP contribution in [-0.4, -0.2) is 37.7 Å². The van der Waals surface area contributed by atoms with Crippen LogP contribution in [0.25, 0.3) is 0 Å². The number of ether oxygens (including phenoxy) is 3. The maximum atomic E-state index is 12.4. The molecule has 8 nitrogen and oxygen atoms in total. The number of carbonyl (C=O) groups is 1.